The van der Waals surface area contributed by atoms with Crippen LogP contribution >= 0.6 is 0 Å². The predicted molar refractivity (Wildman–Crippen MR) is 104 cm³/mol. The van der Waals surface area contributed by atoms with Crippen molar-refractivity contribution in [3.8, 4) is 0 Å². The standard InChI is InChI=1S/C22H34O6/c1-25-20(24)22-14-10-13-21(22,17-18(23)28-22)12-7-4-2-3-5-8-15-26-19-11-6-9-16-27-19/h7,12,19H,2-6,8-11,13-17H2,1H3. The van der Waals surface area contributed by atoms with Gasteiger partial charge in [0.05, 0.1) is 13.5 Å². The monoisotopic (exact) mass is 394 g/mol. The molecule has 0 bridgehead atoms. The molecule has 28 heavy (non-hydrogen) atoms. The van der Waals surface area contributed by atoms with Gasteiger partial charge in [0.1, 0.15) is 0 Å². The molecule has 3 atom stereocenters. The van der Waals surface area contributed by atoms with Crippen molar-refractivity contribution in [2.45, 2.75) is 88.9 Å². The summed E-state index contributed by atoms with van der Waals surface area (Å²) < 4.78 is 21.8. The molecule has 6 nitrogen and oxygen atoms in total. The highest BCUT2D eigenvalue weighted by atomic mass is 16.7. The van der Waals surface area contributed by atoms with Crippen molar-refractivity contribution < 1.29 is 28.5 Å². The Morgan fingerprint density at radius 3 is 2.82 bits per heavy atom. The third-order valence-electron chi connectivity index (χ3n) is 6.36. The molecule has 3 fully saturated rings. The second-order valence-corrected chi connectivity index (χ2v) is 8.25. The molecule has 3 aliphatic rings. The number of carbonyl (C=O) groups excluding carboxylic acids is 2. The first-order valence-corrected chi connectivity index (χ1v) is 10.8. The number of esters is 2. The van der Waals surface area contributed by atoms with Crippen LogP contribution in [0.15, 0.2) is 12.2 Å². The van der Waals surface area contributed by atoms with E-state index in [9.17, 15) is 9.59 Å². The summed E-state index contributed by atoms with van der Waals surface area (Å²) in [7, 11) is 1.36. The maximum atomic E-state index is 12.4. The molecule has 6 heteroatoms. The van der Waals surface area contributed by atoms with Gasteiger partial charge >= 0.3 is 11.9 Å². The normalized spacial score (nSPS) is 32.5. The molecule has 1 aliphatic carbocycles. The number of unbranched alkanes of at least 4 members (excludes halogenated alkanes) is 4. The summed E-state index contributed by atoms with van der Waals surface area (Å²) in [6, 6.07) is 0. The number of fused-ring (bicyclic) bond motifs is 1. The zero-order valence-corrected chi connectivity index (χ0v) is 17.1. The van der Waals surface area contributed by atoms with Crippen molar-refractivity contribution in [3.63, 3.8) is 0 Å². The van der Waals surface area contributed by atoms with Crippen LogP contribution in [0.5, 0.6) is 0 Å². The first-order valence-electron chi connectivity index (χ1n) is 10.8. The zero-order chi connectivity index (χ0) is 19.9. The van der Waals surface area contributed by atoms with Gasteiger partial charge in [-0.25, -0.2) is 4.79 Å². The van der Waals surface area contributed by atoms with E-state index in [2.05, 4.69) is 12.2 Å². The van der Waals surface area contributed by atoms with E-state index < -0.39 is 17.0 Å². The molecule has 1 saturated carbocycles. The smallest absolute Gasteiger partial charge is 0.351 e. The van der Waals surface area contributed by atoms with Gasteiger partial charge in [-0.2, -0.15) is 0 Å². The molecule has 0 aromatic heterocycles. The Balaban J connectivity index is 1.36. The topological polar surface area (TPSA) is 71.1 Å². The van der Waals surface area contributed by atoms with Crippen LogP contribution in [0.2, 0.25) is 0 Å². The Hall–Kier alpha value is -1.40. The summed E-state index contributed by atoms with van der Waals surface area (Å²) in [6.45, 7) is 1.59. The maximum absolute atomic E-state index is 12.4. The summed E-state index contributed by atoms with van der Waals surface area (Å²) in [5.41, 5.74) is -1.63. The Bertz CT molecular complexity index is 567. The van der Waals surface area contributed by atoms with Crippen LogP contribution in [-0.2, 0) is 28.5 Å². The molecule has 2 heterocycles. The van der Waals surface area contributed by atoms with Gasteiger partial charge in [0.15, 0.2) is 6.29 Å². The van der Waals surface area contributed by atoms with Crippen molar-refractivity contribution in [1.82, 2.24) is 0 Å². The number of carbonyl (C=O) groups is 2. The molecule has 2 aliphatic heterocycles. The van der Waals surface area contributed by atoms with Crippen LogP contribution in [0, 0.1) is 5.41 Å². The van der Waals surface area contributed by atoms with E-state index in [1.165, 1.54) is 13.5 Å². The van der Waals surface area contributed by atoms with Gasteiger partial charge in [-0.15, -0.1) is 0 Å². The minimum Gasteiger partial charge on any atom is -0.466 e. The highest BCUT2D eigenvalue weighted by Gasteiger charge is 2.67. The predicted octanol–water partition coefficient (Wildman–Crippen LogP) is 4.07. The lowest BCUT2D eigenvalue weighted by Crippen LogP contribution is -2.47. The lowest BCUT2D eigenvalue weighted by Gasteiger charge is -2.32. The summed E-state index contributed by atoms with van der Waals surface area (Å²) >= 11 is 0. The first kappa shape index (κ1) is 21.3. The van der Waals surface area contributed by atoms with Crippen molar-refractivity contribution in [1.29, 1.82) is 0 Å². The van der Waals surface area contributed by atoms with Crippen LogP contribution in [0.1, 0.15) is 77.0 Å². The second kappa shape index (κ2) is 9.88. The van der Waals surface area contributed by atoms with E-state index in [1.54, 1.807) is 0 Å². The fourth-order valence-corrected chi connectivity index (χ4v) is 4.85. The average Bonchev–Trinajstić information content (AvgIpc) is 3.18. The molecular weight excluding hydrogens is 360 g/mol. The van der Waals surface area contributed by atoms with E-state index in [0.717, 1.165) is 71.0 Å². The van der Waals surface area contributed by atoms with Crippen LogP contribution in [0.25, 0.3) is 0 Å². The second-order valence-electron chi connectivity index (χ2n) is 8.25. The van der Waals surface area contributed by atoms with E-state index in [1.807, 2.05) is 0 Å². The third kappa shape index (κ3) is 4.60. The Kier molecular flexibility index (Phi) is 7.52. The van der Waals surface area contributed by atoms with Gasteiger partial charge in [-0.1, -0.05) is 25.0 Å². The van der Waals surface area contributed by atoms with Crippen LogP contribution in [0.3, 0.4) is 0 Å². The van der Waals surface area contributed by atoms with Crippen molar-refractivity contribution >= 4 is 11.9 Å². The van der Waals surface area contributed by atoms with Crippen molar-refractivity contribution in [3.05, 3.63) is 12.2 Å². The number of ether oxygens (including phenoxy) is 4. The molecule has 158 valence electrons. The molecule has 2 saturated heterocycles. The number of allylic oxidation sites excluding steroid dienone is 1. The third-order valence-corrected chi connectivity index (χ3v) is 6.36. The quantitative estimate of drug-likeness (QED) is 0.316. The van der Waals surface area contributed by atoms with Gasteiger partial charge in [0.2, 0.25) is 5.60 Å². The minimum absolute atomic E-state index is 0.00812. The van der Waals surface area contributed by atoms with Gasteiger partial charge < -0.3 is 18.9 Å². The van der Waals surface area contributed by atoms with Crippen LogP contribution in [-0.4, -0.2) is 44.2 Å². The lowest BCUT2D eigenvalue weighted by molar-refractivity contribution is -0.176. The van der Waals surface area contributed by atoms with E-state index >= 15 is 0 Å². The highest BCUT2D eigenvalue weighted by Crippen LogP contribution is 2.57. The summed E-state index contributed by atoms with van der Waals surface area (Å²) in [5, 5.41) is 0. The number of hydrogen-bond acceptors (Lipinski definition) is 6. The molecule has 0 amide bonds. The molecule has 0 radical (unpaired) electrons. The number of methoxy groups -OCH3 is 1. The van der Waals surface area contributed by atoms with Crippen LogP contribution < -0.4 is 0 Å². The lowest BCUT2D eigenvalue weighted by atomic mass is 9.73. The van der Waals surface area contributed by atoms with E-state index in [0.29, 0.717) is 6.42 Å². The average molecular weight is 395 g/mol. The molecule has 3 unspecified atom stereocenters. The SMILES string of the molecule is COC(=O)C12CCCC1(C=CCCCCCCOC1CCCCO1)CC(=O)O2. The van der Waals surface area contributed by atoms with Gasteiger partial charge in [0.25, 0.3) is 0 Å². The summed E-state index contributed by atoms with van der Waals surface area (Å²) in [4.78, 5) is 24.3. The molecule has 3 rings (SSSR count). The van der Waals surface area contributed by atoms with E-state index in [4.69, 9.17) is 18.9 Å². The largest absolute Gasteiger partial charge is 0.466 e. The highest BCUT2D eigenvalue weighted by molar-refractivity contribution is 5.90. The number of rotatable bonds is 10. The summed E-state index contributed by atoms with van der Waals surface area (Å²) in [5.74, 6) is -0.709. The first-order chi connectivity index (χ1) is 13.6. The Labute approximate surface area is 167 Å². The van der Waals surface area contributed by atoms with E-state index in [-0.39, 0.29) is 18.7 Å². The summed E-state index contributed by atoms with van der Waals surface area (Å²) in [6.07, 6.45) is 15.4. The van der Waals surface area contributed by atoms with Gasteiger partial charge in [0, 0.05) is 18.6 Å². The minimum atomic E-state index is -1.10. The Morgan fingerprint density at radius 2 is 2.04 bits per heavy atom. The van der Waals surface area contributed by atoms with Crippen molar-refractivity contribution in [2.75, 3.05) is 20.3 Å². The van der Waals surface area contributed by atoms with Gasteiger partial charge in [-0.3, -0.25) is 4.79 Å². The Morgan fingerprint density at radius 1 is 1.18 bits per heavy atom. The zero-order valence-electron chi connectivity index (χ0n) is 17.1. The fraction of sp³-hybridized carbons (Fsp3) is 0.818. The molecular formula is C22H34O6. The molecule has 0 aromatic carbocycles. The molecule has 0 aromatic rings. The number of hydrogen-bond donors (Lipinski definition) is 0. The van der Waals surface area contributed by atoms with Crippen LogP contribution in [0.4, 0.5) is 0 Å². The maximum Gasteiger partial charge on any atom is 0.351 e. The molecule has 0 spiro atoms. The fourth-order valence-electron chi connectivity index (χ4n) is 4.85. The van der Waals surface area contributed by atoms with Crippen molar-refractivity contribution in [2.24, 2.45) is 5.41 Å². The van der Waals surface area contributed by atoms with Gasteiger partial charge in [-0.05, 0) is 57.8 Å². The molecule has 0 N–H and O–H groups in total.